The number of hydrogen-bond donors (Lipinski definition) is 3. The molecule has 0 saturated heterocycles. The molecule has 2 amide bonds. The number of carbonyl (C=O) groups excluding carboxylic acids is 2. The van der Waals surface area contributed by atoms with E-state index in [0.717, 1.165) is 23.7 Å². The van der Waals surface area contributed by atoms with Gasteiger partial charge in [0.1, 0.15) is 0 Å². The minimum absolute atomic E-state index is 0. The molecule has 0 saturated carbocycles. The molecule has 0 aliphatic rings. The second kappa shape index (κ2) is 10.6. The van der Waals surface area contributed by atoms with E-state index in [9.17, 15) is 9.59 Å². The summed E-state index contributed by atoms with van der Waals surface area (Å²) in [6, 6.07) is 13.5. The van der Waals surface area contributed by atoms with Gasteiger partial charge in [-0.3, -0.25) is 9.59 Å². The van der Waals surface area contributed by atoms with Gasteiger partial charge in [0.15, 0.2) is 0 Å². The zero-order chi connectivity index (χ0) is 16.5. The smallest absolute Gasteiger partial charge is 0.251 e. The normalized spacial score (nSPS) is 10.0. The van der Waals surface area contributed by atoms with Crippen molar-refractivity contribution >= 4 is 35.0 Å². The second-order valence-electron chi connectivity index (χ2n) is 5.37. The highest BCUT2D eigenvalue weighted by Gasteiger charge is 2.07. The Bertz CT molecular complexity index is 676. The predicted octanol–water partition coefficient (Wildman–Crippen LogP) is 2.11. The minimum Gasteiger partial charge on any atom is -0.356 e. The molecule has 0 radical (unpaired) electrons. The summed E-state index contributed by atoms with van der Waals surface area (Å²) >= 11 is 0. The Morgan fingerprint density at radius 3 is 2.42 bits per heavy atom. The fourth-order valence-electron chi connectivity index (χ4n) is 2.30. The van der Waals surface area contributed by atoms with Crippen LogP contribution in [0.4, 0.5) is 0 Å². The van der Waals surface area contributed by atoms with E-state index in [0.29, 0.717) is 25.1 Å². The topological polar surface area (TPSA) is 70.2 Å². The molecule has 6 heteroatoms. The summed E-state index contributed by atoms with van der Waals surface area (Å²) < 4.78 is 0. The van der Waals surface area contributed by atoms with Crippen LogP contribution in [-0.4, -0.2) is 38.5 Å². The SMILES string of the molecule is CNCCCNC(=O)CCNC(=O)c1ccc2ccccc2c1.Cl. The van der Waals surface area contributed by atoms with Crippen LogP contribution < -0.4 is 16.0 Å². The molecule has 0 fully saturated rings. The average Bonchev–Trinajstić information content (AvgIpc) is 2.58. The fourth-order valence-corrected chi connectivity index (χ4v) is 2.30. The van der Waals surface area contributed by atoms with Gasteiger partial charge in [0.05, 0.1) is 0 Å². The van der Waals surface area contributed by atoms with Crippen molar-refractivity contribution in [2.45, 2.75) is 12.8 Å². The predicted molar refractivity (Wildman–Crippen MR) is 99.7 cm³/mol. The Balaban J connectivity index is 0.00000288. The van der Waals surface area contributed by atoms with Crippen molar-refractivity contribution in [3.05, 3.63) is 48.0 Å². The van der Waals surface area contributed by atoms with Crippen molar-refractivity contribution in [3.8, 4) is 0 Å². The van der Waals surface area contributed by atoms with E-state index in [1.165, 1.54) is 0 Å². The lowest BCUT2D eigenvalue weighted by atomic mass is 10.1. The highest BCUT2D eigenvalue weighted by Crippen LogP contribution is 2.15. The first-order valence-electron chi connectivity index (χ1n) is 7.89. The van der Waals surface area contributed by atoms with Gasteiger partial charge < -0.3 is 16.0 Å². The third-order valence-corrected chi connectivity index (χ3v) is 3.57. The van der Waals surface area contributed by atoms with Gasteiger partial charge in [0.25, 0.3) is 5.91 Å². The number of carbonyl (C=O) groups is 2. The van der Waals surface area contributed by atoms with Crippen molar-refractivity contribution in [2.75, 3.05) is 26.7 Å². The minimum atomic E-state index is -0.154. The molecular weight excluding hydrogens is 326 g/mol. The van der Waals surface area contributed by atoms with Crippen LogP contribution in [0.15, 0.2) is 42.5 Å². The van der Waals surface area contributed by atoms with E-state index in [-0.39, 0.29) is 24.2 Å². The first kappa shape index (κ1) is 19.9. The highest BCUT2D eigenvalue weighted by molar-refractivity contribution is 5.98. The van der Waals surface area contributed by atoms with Crippen molar-refractivity contribution < 1.29 is 9.59 Å². The molecule has 2 aromatic rings. The Morgan fingerprint density at radius 2 is 1.67 bits per heavy atom. The molecule has 5 nitrogen and oxygen atoms in total. The number of nitrogens with one attached hydrogen (secondary N) is 3. The maximum Gasteiger partial charge on any atom is 0.251 e. The molecule has 2 aromatic carbocycles. The molecule has 3 N–H and O–H groups in total. The van der Waals surface area contributed by atoms with E-state index in [1.54, 1.807) is 6.07 Å². The molecule has 0 aliphatic carbocycles. The Morgan fingerprint density at radius 1 is 0.917 bits per heavy atom. The first-order chi connectivity index (χ1) is 11.2. The van der Waals surface area contributed by atoms with Crippen molar-refractivity contribution in [2.24, 2.45) is 0 Å². The molecule has 24 heavy (non-hydrogen) atoms. The van der Waals surface area contributed by atoms with E-state index in [4.69, 9.17) is 0 Å². The third-order valence-electron chi connectivity index (χ3n) is 3.57. The zero-order valence-corrected chi connectivity index (χ0v) is 14.6. The average molecular weight is 350 g/mol. The molecular formula is C18H24ClN3O2. The van der Waals surface area contributed by atoms with Gasteiger partial charge >= 0.3 is 0 Å². The molecule has 130 valence electrons. The summed E-state index contributed by atoms with van der Waals surface area (Å²) in [5.41, 5.74) is 0.609. The van der Waals surface area contributed by atoms with Gasteiger partial charge in [-0.2, -0.15) is 0 Å². The maximum absolute atomic E-state index is 12.1. The van der Waals surface area contributed by atoms with Gasteiger partial charge in [-0.25, -0.2) is 0 Å². The number of halogens is 1. The first-order valence-corrected chi connectivity index (χ1v) is 7.89. The van der Waals surface area contributed by atoms with Crippen molar-refractivity contribution in [1.29, 1.82) is 0 Å². The van der Waals surface area contributed by atoms with E-state index < -0.39 is 0 Å². The Labute approximate surface area is 148 Å². The molecule has 2 rings (SSSR count). The Hall–Kier alpha value is -2.11. The van der Waals surface area contributed by atoms with E-state index in [2.05, 4.69) is 16.0 Å². The molecule has 0 spiro atoms. The van der Waals surface area contributed by atoms with Crippen LogP contribution in [-0.2, 0) is 4.79 Å². The number of fused-ring (bicyclic) bond motifs is 1. The van der Waals surface area contributed by atoms with Gasteiger partial charge in [-0.05, 0) is 42.9 Å². The van der Waals surface area contributed by atoms with Gasteiger partial charge in [0.2, 0.25) is 5.91 Å². The van der Waals surface area contributed by atoms with Crippen LogP contribution in [0.5, 0.6) is 0 Å². The standard InChI is InChI=1S/C18H23N3O2.ClH/c1-19-10-4-11-20-17(22)9-12-21-18(23)16-8-7-14-5-2-3-6-15(14)13-16;/h2-3,5-8,13,19H,4,9-12H2,1H3,(H,20,22)(H,21,23);1H. The molecule has 0 aliphatic heterocycles. The molecule has 0 aromatic heterocycles. The van der Waals surface area contributed by atoms with Crippen LogP contribution in [0.1, 0.15) is 23.2 Å². The second-order valence-corrected chi connectivity index (χ2v) is 5.37. The third kappa shape index (κ3) is 6.18. The van der Waals surface area contributed by atoms with Gasteiger partial charge in [0, 0.05) is 25.1 Å². The molecule has 0 heterocycles. The van der Waals surface area contributed by atoms with Crippen molar-refractivity contribution in [1.82, 2.24) is 16.0 Å². The van der Waals surface area contributed by atoms with Crippen molar-refractivity contribution in [3.63, 3.8) is 0 Å². The van der Waals surface area contributed by atoms with Crippen LogP contribution in [0, 0.1) is 0 Å². The summed E-state index contributed by atoms with van der Waals surface area (Å²) in [6.07, 6.45) is 1.19. The molecule has 0 atom stereocenters. The maximum atomic E-state index is 12.1. The quantitative estimate of drug-likeness (QED) is 0.639. The van der Waals surface area contributed by atoms with Crippen LogP contribution in [0.2, 0.25) is 0 Å². The summed E-state index contributed by atoms with van der Waals surface area (Å²) in [6.45, 7) is 1.86. The monoisotopic (exact) mass is 349 g/mol. The number of benzene rings is 2. The van der Waals surface area contributed by atoms with Gasteiger partial charge in [-0.1, -0.05) is 30.3 Å². The summed E-state index contributed by atoms with van der Waals surface area (Å²) in [5, 5.41) is 10.8. The highest BCUT2D eigenvalue weighted by atomic mass is 35.5. The van der Waals surface area contributed by atoms with E-state index in [1.807, 2.05) is 43.4 Å². The Kier molecular flexibility index (Phi) is 8.83. The zero-order valence-electron chi connectivity index (χ0n) is 13.8. The van der Waals surface area contributed by atoms with Crippen LogP contribution >= 0.6 is 12.4 Å². The lowest BCUT2D eigenvalue weighted by Gasteiger charge is -2.07. The summed E-state index contributed by atoms with van der Waals surface area (Å²) in [5.74, 6) is -0.196. The summed E-state index contributed by atoms with van der Waals surface area (Å²) in [4.78, 5) is 23.7. The van der Waals surface area contributed by atoms with Crippen LogP contribution in [0.25, 0.3) is 10.8 Å². The largest absolute Gasteiger partial charge is 0.356 e. The summed E-state index contributed by atoms with van der Waals surface area (Å²) in [7, 11) is 1.88. The lowest BCUT2D eigenvalue weighted by molar-refractivity contribution is -0.120. The van der Waals surface area contributed by atoms with Crippen LogP contribution in [0.3, 0.4) is 0 Å². The van der Waals surface area contributed by atoms with E-state index >= 15 is 0 Å². The molecule has 0 bridgehead atoms. The lowest BCUT2D eigenvalue weighted by Crippen LogP contribution is -2.31. The molecule has 0 unspecified atom stereocenters. The number of amides is 2. The van der Waals surface area contributed by atoms with Gasteiger partial charge in [-0.15, -0.1) is 12.4 Å². The fraction of sp³-hybridized carbons (Fsp3) is 0.333. The number of hydrogen-bond acceptors (Lipinski definition) is 3. The number of rotatable bonds is 8.